The van der Waals surface area contributed by atoms with Gasteiger partial charge in [0.15, 0.2) is 0 Å². The maximum absolute atomic E-state index is 6.29. The normalized spacial score (nSPS) is 12.1. The van der Waals surface area contributed by atoms with E-state index >= 15 is 0 Å². The molecule has 172 valence electrons. The van der Waals surface area contributed by atoms with E-state index in [1.54, 1.807) is 0 Å². The van der Waals surface area contributed by atoms with Crippen LogP contribution in [-0.4, -0.2) is 6.04 Å². The van der Waals surface area contributed by atoms with E-state index < -0.39 is 0 Å². The Kier molecular flexibility index (Phi) is 29.6. The molecule has 28 heavy (non-hydrogen) atoms. The largest absolute Gasteiger partial charge is 0.328 e. The third-order valence-corrected chi connectivity index (χ3v) is 6.11. The van der Waals surface area contributed by atoms with Crippen molar-refractivity contribution in [2.75, 3.05) is 0 Å². The van der Waals surface area contributed by atoms with Crippen LogP contribution in [0.1, 0.15) is 162 Å². The summed E-state index contributed by atoms with van der Waals surface area (Å²) in [6, 6.07) is 0.470. The molecule has 0 saturated heterocycles. The summed E-state index contributed by atoms with van der Waals surface area (Å²) in [7, 11) is 0. The highest BCUT2D eigenvalue weighted by molar-refractivity contribution is 5.85. The van der Waals surface area contributed by atoms with E-state index in [-0.39, 0.29) is 12.4 Å². The molecule has 0 aromatic carbocycles. The summed E-state index contributed by atoms with van der Waals surface area (Å²) in [6.07, 6.45) is 32.5. The first-order valence-corrected chi connectivity index (χ1v) is 13.1. The SMILES string of the molecule is CCCCCCCCCCCCCCCC(N)CCCCCCCCCC.Cl. The van der Waals surface area contributed by atoms with E-state index in [0.29, 0.717) is 6.04 Å². The standard InChI is InChI=1S/C26H55N.ClH/c1-3-5-7-9-11-13-14-15-16-17-19-21-23-25-26(27)24-22-20-18-12-10-8-6-4-2;/h26H,3-25,27H2,1-2H3;1H. The number of halogens is 1. The van der Waals surface area contributed by atoms with Gasteiger partial charge in [0.25, 0.3) is 0 Å². The van der Waals surface area contributed by atoms with Crippen LogP contribution in [0.3, 0.4) is 0 Å². The van der Waals surface area contributed by atoms with Crippen molar-refractivity contribution in [3.63, 3.8) is 0 Å². The Morgan fingerprint density at radius 1 is 0.393 bits per heavy atom. The van der Waals surface area contributed by atoms with Crippen molar-refractivity contribution in [2.24, 2.45) is 5.73 Å². The number of nitrogens with two attached hydrogens (primary N) is 1. The van der Waals surface area contributed by atoms with Crippen LogP contribution >= 0.6 is 12.4 Å². The summed E-state index contributed by atoms with van der Waals surface area (Å²) in [5.41, 5.74) is 6.29. The van der Waals surface area contributed by atoms with Gasteiger partial charge in [-0.3, -0.25) is 0 Å². The van der Waals surface area contributed by atoms with Crippen LogP contribution in [0.2, 0.25) is 0 Å². The second-order valence-electron chi connectivity index (χ2n) is 9.05. The summed E-state index contributed by atoms with van der Waals surface area (Å²) in [5, 5.41) is 0. The van der Waals surface area contributed by atoms with Crippen LogP contribution in [0.25, 0.3) is 0 Å². The average Bonchev–Trinajstić information content (AvgIpc) is 2.67. The number of hydrogen-bond donors (Lipinski definition) is 1. The van der Waals surface area contributed by atoms with Gasteiger partial charge in [-0.1, -0.05) is 149 Å². The molecule has 0 spiro atoms. The minimum Gasteiger partial charge on any atom is -0.328 e. The molecule has 0 bridgehead atoms. The highest BCUT2D eigenvalue weighted by atomic mass is 35.5. The lowest BCUT2D eigenvalue weighted by Crippen LogP contribution is -2.19. The van der Waals surface area contributed by atoms with Gasteiger partial charge in [-0.15, -0.1) is 12.4 Å². The molecular weight excluding hydrogens is 362 g/mol. The molecule has 1 unspecified atom stereocenters. The van der Waals surface area contributed by atoms with Crippen LogP contribution < -0.4 is 5.73 Å². The molecule has 0 aromatic heterocycles. The van der Waals surface area contributed by atoms with E-state index in [0.717, 1.165) is 0 Å². The molecule has 2 heteroatoms. The summed E-state index contributed by atoms with van der Waals surface area (Å²) in [5.74, 6) is 0. The third kappa shape index (κ3) is 26.2. The first kappa shape index (κ1) is 30.4. The quantitative estimate of drug-likeness (QED) is 0.164. The molecule has 0 aromatic rings. The topological polar surface area (TPSA) is 26.0 Å². The van der Waals surface area contributed by atoms with Crippen LogP contribution in [0.4, 0.5) is 0 Å². The monoisotopic (exact) mass is 417 g/mol. The second-order valence-corrected chi connectivity index (χ2v) is 9.05. The van der Waals surface area contributed by atoms with E-state index in [4.69, 9.17) is 5.73 Å². The van der Waals surface area contributed by atoms with E-state index in [1.807, 2.05) is 0 Å². The van der Waals surface area contributed by atoms with Crippen molar-refractivity contribution in [2.45, 2.75) is 168 Å². The lowest BCUT2D eigenvalue weighted by atomic mass is 10.00. The summed E-state index contributed by atoms with van der Waals surface area (Å²) in [6.45, 7) is 4.59. The van der Waals surface area contributed by atoms with Crippen molar-refractivity contribution < 1.29 is 0 Å². The van der Waals surface area contributed by atoms with Gasteiger partial charge in [0.1, 0.15) is 0 Å². The zero-order valence-electron chi connectivity index (χ0n) is 19.8. The predicted molar refractivity (Wildman–Crippen MR) is 133 cm³/mol. The number of rotatable bonds is 23. The van der Waals surface area contributed by atoms with Crippen LogP contribution in [0.5, 0.6) is 0 Å². The van der Waals surface area contributed by atoms with Crippen molar-refractivity contribution in [3.8, 4) is 0 Å². The first-order chi connectivity index (χ1) is 13.3. The highest BCUT2D eigenvalue weighted by Crippen LogP contribution is 2.15. The molecule has 1 atom stereocenters. The van der Waals surface area contributed by atoms with Crippen molar-refractivity contribution in [1.29, 1.82) is 0 Å². The summed E-state index contributed by atoms with van der Waals surface area (Å²) < 4.78 is 0. The Bertz CT molecular complexity index is 257. The molecule has 0 heterocycles. The van der Waals surface area contributed by atoms with Crippen LogP contribution in [0, 0.1) is 0 Å². The maximum atomic E-state index is 6.29. The molecule has 1 nitrogen and oxygen atoms in total. The Balaban J connectivity index is 0. The van der Waals surface area contributed by atoms with Gasteiger partial charge in [-0.2, -0.15) is 0 Å². The van der Waals surface area contributed by atoms with E-state index in [1.165, 1.54) is 148 Å². The molecule has 0 aliphatic heterocycles. The Morgan fingerprint density at radius 3 is 0.857 bits per heavy atom. The minimum absolute atomic E-state index is 0. The zero-order chi connectivity index (χ0) is 19.8. The fraction of sp³-hybridized carbons (Fsp3) is 1.00. The van der Waals surface area contributed by atoms with Crippen LogP contribution in [0.15, 0.2) is 0 Å². The highest BCUT2D eigenvalue weighted by Gasteiger charge is 2.02. The van der Waals surface area contributed by atoms with Gasteiger partial charge in [-0.25, -0.2) is 0 Å². The van der Waals surface area contributed by atoms with Gasteiger partial charge < -0.3 is 5.73 Å². The molecule has 0 fully saturated rings. The third-order valence-electron chi connectivity index (χ3n) is 6.11. The molecule has 0 aliphatic rings. The van der Waals surface area contributed by atoms with Gasteiger partial charge in [0, 0.05) is 6.04 Å². The van der Waals surface area contributed by atoms with E-state index in [2.05, 4.69) is 13.8 Å². The smallest absolute Gasteiger partial charge is 0.00388 e. The molecule has 0 amide bonds. The fourth-order valence-corrected chi connectivity index (χ4v) is 4.11. The van der Waals surface area contributed by atoms with Crippen LogP contribution in [-0.2, 0) is 0 Å². The molecule has 2 N–H and O–H groups in total. The van der Waals surface area contributed by atoms with Gasteiger partial charge in [0.05, 0.1) is 0 Å². The second kappa shape index (κ2) is 27.2. The Hall–Kier alpha value is 0.250. The zero-order valence-corrected chi connectivity index (χ0v) is 20.6. The lowest BCUT2D eigenvalue weighted by Gasteiger charge is -2.11. The summed E-state index contributed by atoms with van der Waals surface area (Å²) >= 11 is 0. The van der Waals surface area contributed by atoms with Gasteiger partial charge in [-0.05, 0) is 12.8 Å². The van der Waals surface area contributed by atoms with E-state index in [9.17, 15) is 0 Å². The van der Waals surface area contributed by atoms with Crippen molar-refractivity contribution in [1.82, 2.24) is 0 Å². The van der Waals surface area contributed by atoms with Gasteiger partial charge >= 0.3 is 0 Å². The lowest BCUT2D eigenvalue weighted by molar-refractivity contribution is 0.479. The van der Waals surface area contributed by atoms with Gasteiger partial charge in [0.2, 0.25) is 0 Å². The molecule has 0 aliphatic carbocycles. The number of unbranched alkanes of at least 4 members (excludes halogenated alkanes) is 19. The summed E-state index contributed by atoms with van der Waals surface area (Å²) in [4.78, 5) is 0. The molecule has 0 radical (unpaired) electrons. The molecule has 0 rings (SSSR count). The van der Waals surface area contributed by atoms with Crippen molar-refractivity contribution >= 4 is 12.4 Å². The Labute approximate surface area is 185 Å². The molecule has 0 saturated carbocycles. The predicted octanol–water partition coefficient (Wildman–Crippen LogP) is 9.75. The molecular formula is C26H56ClN. The number of hydrogen-bond acceptors (Lipinski definition) is 1. The van der Waals surface area contributed by atoms with Crippen molar-refractivity contribution in [3.05, 3.63) is 0 Å². The minimum atomic E-state index is 0. The Morgan fingerprint density at radius 2 is 0.607 bits per heavy atom. The maximum Gasteiger partial charge on any atom is 0.00388 e. The fourth-order valence-electron chi connectivity index (χ4n) is 4.11. The average molecular weight is 418 g/mol. The first-order valence-electron chi connectivity index (χ1n) is 13.1.